The molecule has 7 nitrogen and oxygen atoms in total. The van der Waals surface area contributed by atoms with Crippen LogP contribution < -0.4 is 10.2 Å². The molecule has 0 amide bonds. The van der Waals surface area contributed by atoms with Crippen molar-refractivity contribution in [3.05, 3.63) is 36.5 Å². The first-order valence-electron chi connectivity index (χ1n) is 13.2. The molecule has 0 bridgehead atoms. The van der Waals surface area contributed by atoms with Gasteiger partial charge in [-0.05, 0) is 57.3 Å². The third-order valence-electron chi connectivity index (χ3n) is 7.51. The second kappa shape index (κ2) is 9.99. The summed E-state index contributed by atoms with van der Waals surface area (Å²) in [6, 6.07) is 5.36. The minimum Gasteiger partial charge on any atom is -0.369 e. The number of nitrogens with one attached hydrogen (secondary N) is 1. The van der Waals surface area contributed by atoms with Crippen LogP contribution in [0.3, 0.4) is 0 Å². The molecule has 0 radical (unpaired) electrons. The number of hydrogen-bond donors (Lipinski definition) is 1. The minimum atomic E-state index is -1.13. The van der Waals surface area contributed by atoms with Crippen LogP contribution in [0.25, 0.3) is 22.3 Å². The summed E-state index contributed by atoms with van der Waals surface area (Å²) in [4.78, 5) is 16.5. The predicted molar refractivity (Wildman–Crippen MR) is 146 cm³/mol. The van der Waals surface area contributed by atoms with Crippen molar-refractivity contribution >= 4 is 24.8 Å². The molecule has 2 fully saturated rings. The number of fused-ring (bicyclic) bond motifs is 1. The van der Waals surface area contributed by atoms with Gasteiger partial charge in [-0.1, -0.05) is 26.1 Å². The standard InChI is InChI=1S/C27H40N6OSi/c1-21-28-13-8-23(31-21)22-18-33(20-34-16-17-35(2,3)4)26-25(22)24(9-14-29-26)32-15-7-11-27(19-32)10-5-6-12-30-27/h8-9,13-14,18,30H,5-7,10-12,15-17,19-20H2,1-4H3. The number of ether oxygens (including phenoxy) is 1. The molecule has 0 aromatic carbocycles. The Morgan fingerprint density at radius 1 is 1.09 bits per heavy atom. The molecule has 2 saturated heterocycles. The SMILES string of the molecule is Cc1nccc(-c2cn(COCC[Si](C)(C)C)c3nccc(N4CCCC5(CCCCN5)C4)c23)n1. The number of anilines is 1. The zero-order valence-electron chi connectivity index (χ0n) is 21.8. The molecule has 2 aliphatic heterocycles. The molecule has 35 heavy (non-hydrogen) atoms. The summed E-state index contributed by atoms with van der Waals surface area (Å²) in [7, 11) is -1.13. The van der Waals surface area contributed by atoms with Crippen LogP contribution in [0, 0.1) is 6.92 Å². The van der Waals surface area contributed by atoms with Gasteiger partial charge in [0.1, 0.15) is 18.2 Å². The molecular formula is C27H40N6OSi. The molecule has 3 aromatic rings. The topological polar surface area (TPSA) is 68.1 Å². The molecule has 0 aliphatic carbocycles. The van der Waals surface area contributed by atoms with E-state index in [2.05, 4.69) is 51.7 Å². The van der Waals surface area contributed by atoms with E-state index in [4.69, 9.17) is 14.7 Å². The van der Waals surface area contributed by atoms with Gasteiger partial charge in [-0.3, -0.25) is 0 Å². The van der Waals surface area contributed by atoms with Crippen molar-refractivity contribution < 1.29 is 4.74 Å². The predicted octanol–water partition coefficient (Wildman–Crippen LogP) is 5.23. The van der Waals surface area contributed by atoms with E-state index in [1.54, 1.807) is 0 Å². The van der Waals surface area contributed by atoms with Crippen molar-refractivity contribution in [2.45, 2.75) is 77.0 Å². The number of piperidine rings is 2. The van der Waals surface area contributed by atoms with Gasteiger partial charge in [0.25, 0.3) is 0 Å². The molecule has 1 atom stereocenters. The van der Waals surface area contributed by atoms with Crippen molar-refractivity contribution in [2.24, 2.45) is 0 Å². The Hall–Kier alpha value is -2.29. The molecule has 1 N–H and O–H groups in total. The number of rotatable bonds is 7. The Morgan fingerprint density at radius 3 is 2.69 bits per heavy atom. The highest BCUT2D eigenvalue weighted by Gasteiger charge is 2.37. The summed E-state index contributed by atoms with van der Waals surface area (Å²) < 4.78 is 8.31. The Bertz CT molecular complexity index is 1160. The molecular weight excluding hydrogens is 452 g/mol. The Morgan fingerprint density at radius 2 is 1.91 bits per heavy atom. The van der Waals surface area contributed by atoms with Crippen molar-refractivity contribution in [2.75, 3.05) is 31.1 Å². The third-order valence-corrected chi connectivity index (χ3v) is 9.22. The number of aromatic nitrogens is 4. The average molecular weight is 493 g/mol. The second-order valence-corrected chi connectivity index (χ2v) is 17.2. The Balaban J connectivity index is 1.52. The zero-order chi connectivity index (χ0) is 24.5. The second-order valence-electron chi connectivity index (χ2n) is 11.6. The van der Waals surface area contributed by atoms with Gasteiger partial charge in [-0.2, -0.15) is 0 Å². The highest BCUT2D eigenvalue weighted by molar-refractivity contribution is 6.76. The lowest BCUT2D eigenvalue weighted by molar-refractivity contribution is 0.0899. The summed E-state index contributed by atoms with van der Waals surface area (Å²) in [6.07, 6.45) is 12.3. The quantitative estimate of drug-likeness (QED) is 0.360. The van der Waals surface area contributed by atoms with Crippen LogP contribution in [-0.4, -0.2) is 59.4 Å². The lowest BCUT2D eigenvalue weighted by atomic mass is 9.81. The van der Waals surface area contributed by atoms with Crippen LogP contribution >= 0.6 is 0 Å². The van der Waals surface area contributed by atoms with Crippen LogP contribution in [0.15, 0.2) is 30.7 Å². The van der Waals surface area contributed by atoms with Crippen molar-refractivity contribution in [3.63, 3.8) is 0 Å². The van der Waals surface area contributed by atoms with Crippen LogP contribution in [0.4, 0.5) is 5.69 Å². The molecule has 3 aromatic heterocycles. The highest BCUT2D eigenvalue weighted by Crippen LogP contribution is 2.39. The van der Waals surface area contributed by atoms with Gasteiger partial charge in [-0.25, -0.2) is 15.0 Å². The van der Waals surface area contributed by atoms with Crippen LogP contribution in [0.1, 0.15) is 37.9 Å². The van der Waals surface area contributed by atoms with Gasteiger partial charge in [0.2, 0.25) is 0 Å². The molecule has 1 spiro atoms. The number of nitrogens with zero attached hydrogens (tertiary/aromatic N) is 5. The lowest BCUT2D eigenvalue weighted by Crippen LogP contribution is -2.59. The molecule has 1 unspecified atom stereocenters. The first-order chi connectivity index (χ1) is 16.8. The van der Waals surface area contributed by atoms with Crippen LogP contribution in [-0.2, 0) is 11.5 Å². The largest absolute Gasteiger partial charge is 0.369 e. The summed E-state index contributed by atoms with van der Waals surface area (Å²) in [5.41, 5.74) is 4.52. The molecule has 5 rings (SSSR count). The van der Waals surface area contributed by atoms with E-state index in [1.807, 2.05) is 25.4 Å². The van der Waals surface area contributed by atoms with Gasteiger partial charge in [0.05, 0.1) is 16.8 Å². The fourth-order valence-electron chi connectivity index (χ4n) is 5.62. The van der Waals surface area contributed by atoms with Gasteiger partial charge < -0.3 is 19.5 Å². The van der Waals surface area contributed by atoms with Crippen molar-refractivity contribution in [1.82, 2.24) is 24.8 Å². The molecule has 2 aliphatic rings. The molecule has 8 heteroatoms. The van der Waals surface area contributed by atoms with Gasteiger partial charge >= 0.3 is 0 Å². The maximum atomic E-state index is 6.15. The van der Waals surface area contributed by atoms with Crippen LogP contribution in [0.5, 0.6) is 0 Å². The monoisotopic (exact) mass is 492 g/mol. The minimum absolute atomic E-state index is 0.236. The number of aryl methyl sites for hydroxylation is 1. The normalized spacial score (nSPS) is 21.2. The first kappa shape index (κ1) is 24.4. The van der Waals surface area contributed by atoms with Gasteiger partial charge in [-0.15, -0.1) is 0 Å². The van der Waals surface area contributed by atoms with E-state index in [1.165, 1.54) is 43.2 Å². The lowest BCUT2D eigenvalue weighted by Gasteiger charge is -2.47. The van der Waals surface area contributed by atoms with Crippen molar-refractivity contribution in [3.8, 4) is 11.3 Å². The van der Waals surface area contributed by atoms with E-state index < -0.39 is 8.07 Å². The summed E-state index contributed by atoms with van der Waals surface area (Å²) in [6.45, 7) is 13.7. The fraction of sp³-hybridized carbons (Fsp3) is 0.593. The molecule has 0 saturated carbocycles. The first-order valence-corrected chi connectivity index (χ1v) is 16.9. The highest BCUT2D eigenvalue weighted by atomic mass is 28.3. The third kappa shape index (κ3) is 5.44. The van der Waals surface area contributed by atoms with Gasteiger partial charge in [0, 0.05) is 57.5 Å². The summed E-state index contributed by atoms with van der Waals surface area (Å²) in [5.74, 6) is 0.781. The molecule has 188 valence electrons. The Labute approximate surface area is 210 Å². The van der Waals surface area contributed by atoms with E-state index in [0.717, 1.165) is 55.0 Å². The zero-order valence-corrected chi connectivity index (χ0v) is 22.8. The number of pyridine rings is 1. The fourth-order valence-corrected chi connectivity index (χ4v) is 6.37. The summed E-state index contributed by atoms with van der Waals surface area (Å²) >= 11 is 0. The van der Waals surface area contributed by atoms with E-state index >= 15 is 0 Å². The summed E-state index contributed by atoms with van der Waals surface area (Å²) in [5, 5.41) is 5.06. The van der Waals surface area contributed by atoms with Gasteiger partial charge in [0.15, 0.2) is 0 Å². The molecule has 5 heterocycles. The van der Waals surface area contributed by atoms with E-state index in [0.29, 0.717) is 6.73 Å². The van der Waals surface area contributed by atoms with Crippen molar-refractivity contribution in [1.29, 1.82) is 0 Å². The maximum absolute atomic E-state index is 6.15. The average Bonchev–Trinajstić information content (AvgIpc) is 3.21. The number of hydrogen-bond acceptors (Lipinski definition) is 6. The van der Waals surface area contributed by atoms with E-state index in [9.17, 15) is 0 Å². The van der Waals surface area contributed by atoms with Crippen LogP contribution in [0.2, 0.25) is 25.7 Å². The van der Waals surface area contributed by atoms with E-state index in [-0.39, 0.29) is 5.54 Å². The maximum Gasteiger partial charge on any atom is 0.144 e. The Kier molecular flexibility index (Phi) is 6.97. The smallest absolute Gasteiger partial charge is 0.144 e.